The topological polar surface area (TPSA) is 129 Å². The van der Waals surface area contributed by atoms with Gasteiger partial charge in [-0.1, -0.05) is 20.8 Å². The van der Waals surface area contributed by atoms with E-state index in [1.807, 2.05) is 4.90 Å². The van der Waals surface area contributed by atoms with Gasteiger partial charge in [0.15, 0.2) is 18.3 Å². The number of hydrogen-bond donors (Lipinski definition) is 0. The molecule has 0 bridgehead atoms. The molecule has 6 fully saturated rings. The average Bonchev–Trinajstić information content (AvgIpc) is 3.82. The smallest absolute Gasteiger partial charge is 0.344 e. The van der Waals surface area contributed by atoms with Crippen molar-refractivity contribution in [3.8, 4) is 0 Å². The molecule has 5 heterocycles. The number of hydrogen-bond acceptors (Lipinski definition) is 11. The number of rotatable bonds is 6. The average molecular weight is 546 g/mol. The molecule has 0 radical (unpaired) electrons. The summed E-state index contributed by atoms with van der Waals surface area (Å²) in [5.41, 5.74) is -0.621. The summed E-state index contributed by atoms with van der Waals surface area (Å²) in [5, 5.41) is 0. The van der Waals surface area contributed by atoms with Crippen LogP contribution in [0.25, 0.3) is 0 Å². The van der Waals surface area contributed by atoms with E-state index in [1.165, 1.54) is 0 Å². The van der Waals surface area contributed by atoms with Gasteiger partial charge in [-0.2, -0.15) is 0 Å². The zero-order valence-electron chi connectivity index (χ0n) is 22.6. The number of esters is 3. The second-order valence-corrected chi connectivity index (χ2v) is 12.9. The molecule has 0 aromatic heterocycles. The van der Waals surface area contributed by atoms with Gasteiger partial charge < -0.3 is 33.2 Å². The Hall–Kier alpha value is -2.05. The largest absolute Gasteiger partial charge is 0.458 e. The summed E-state index contributed by atoms with van der Waals surface area (Å²) in [6.45, 7) is 8.81. The van der Waals surface area contributed by atoms with E-state index < -0.39 is 41.5 Å². The predicted octanol–water partition coefficient (Wildman–Crippen LogP) is 0.529. The van der Waals surface area contributed by atoms with Crippen LogP contribution in [0.1, 0.15) is 40.0 Å². The van der Waals surface area contributed by atoms with Crippen molar-refractivity contribution in [1.29, 1.82) is 0 Å². The number of epoxide rings is 3. The van der Waals surface area contributed by atoms with Gasteiger partial charge in [0, 0.05) is 24.1 Å². The minimum absolute atomic E-state index is 0.0534. The lowest BCUT2D eigenvalue weighted by molar-refractivity contribution is -0.177. The number of fused-ring (bicyclic) bond motifs is 4. The monoisotopic (exact) mass is 545 g/mol. The number of carbonyl (C=O) groups excluding carboxylic acids is 3. The van der Waals surface area contributed by atoms with Gasteiger partial charge >= 0.3 is 17.9 Å². The highest BCUT2D eigenvalue weighted by atomic mass is 16.8. The van der Waals surface area contributed by atoms with Gasteiger partial charge in [-0.25, -0.2) is 9.59 Å². The molecule has 212 valence electrons. The van der Waals surface area contributed by atoms with E-state index in [2.05, 4.69) is 20.8 Å². The Morgan fingerprint density at radius 2 is 1.90 bits per heavy atom. The third-order valence-electron chi connectivity index (χ3n) is 11.1. The Balaban J connectivity index is 1.05. The van der Waals surface area contributed by atoms with Crippen LogP contribution in [0.15, 0.2) is 11.1 Å². The Morgan fingerprint density at radius 3 is 2.67 bits per heavy atom. The maximum atomic E-state index is 13.2. The van der Waals surface area contributed by atoms with Crippen LogP contribution in [0.5, 0.6) is 0 Å². The molecule has 1 unspecified atom stereocenters. The number of ether oxygens (including phenoxy) is 7. The van der Waals surface area contributed by atoms with Gasteiger partial charge in [0.25, 0.3) is 0 Å². The molecule has 0 N–H and O–H groups in total. The van der Waals surface area contributed by atoms with Gasteiger partial charge in [-0.05, 0) is 36.7 Å². The summed E-state index contributed by atoms with van der Waals surface area (Å²) in [6, 6.07) is 0. The fourth-order valence-corrected chi connectivity index (χ4v) is 9.13. The van der Waals surface area contributed by atoms with Crippen molar-refractivity contribution < 1.29 is 47.5 Å². The van der Waals surface area contributed by atoms with Crippen LogP contribution < -0.4 is 0 Å². The molecule has 8 aliphatic rings. The zero-order chi connectivity index (χ0) is 26.9. The van der Waals surface area contributed by atoms with E-state index in [9.17, 15) is 14.4 Å². The number of nitrogens with zero attached hydrogens (tertiary/aromatic N) is 1. The van der Waals surface area contributed by atoms with Crippen molar-refractivity contribution in [2.75, 3.05) is 46.1 Å². The molecular weight excluding hydrogens is 510 g/mol. The van der Waals surface area contributed by atoms with E-state index >= 15 is 0 Å². The molecule has 5 aliphatic heterocycles. The second kappa shape index (κ2) is 7.82. The Bertz CT molecular complexity index is 1190. The van der Waals surface area contributed by atoms with Gasteiger partial charge in [0.1, 0.15) is 30.0 Å². The van der Waals surface area contributed by atoms with E-state index in [4.69, 9.17) is 33.2 Å². The first kappa shape index (κ1) is 24.7. The molecule has 2 spiro atoms. The van der Waals surface area contributed by atoms with Crippen LogP contribution in [-0.4, -0.2) is 110 Å². The van der Waals surface area contributed by atoms with Crippen molar-refractivity contribution in [3.63, 3.8) is 0 Å². The summed E-state index contributed by atoms with van der Waals surface area (Å²) in [4.78, 5) is 39.9. The van der Waals surface area contributed by atoms with Crippen LogP contribution >= 0.6 is 0 Å². The Kier molecular flexibility index (Phi) is 4.96. The lowest BCUT2D eigenvalue weighted by Crippen LogP contribution is -2.70. The fraction of sp³-hybridized carbons (Fsp3) is 0.821. The fourth-order valence-electron chi connectivity index (χ4n) is 9.13. The zero-order valence-corrected chi connectivity index (χ0v) is 22.6. The first-order chi connectivity index (χ1) is 18.7. The molecule has 9 atom stereocenters. The minimum atomic E-state index is -0.824. The van der Waals surface area contributed by atoms with Crippen molar-refractivity contribution in [3.05, 3.63) is 11.1 Å². The van der Waals surface area contributed by atoms with E-state index in [0.717, 1.165) is 17.6 Å². The summed E-state index contributed by atoms with van der Waals surface area (Å²) in [6.07, 6.45) is 0.891. The van der Waals surface area contributed by atoms with E-state index in [1.54, 1.807) is 0 Å². The van der Waals surface area contributed by atoms with Crippen LogP contribution in [0, 0.1) is 17.3 Å². The van der Waals surface area contributed by atoms with Crippen LogP contribution in [0.2, 0.25) is 0 Å². The third kappa shape index (κ3) is 2.93. The molecule has 2 saturated carbocycles. The van der Waals surface area contributed by atoms with Crippen LogP contribution in [0.3, 0.4) is 0 Å². The summed E-state index contributed by atoms with van der Waals surface area (Å²) >= 11 is 0. The number of carbonyl (C=O) groups is 3. The lowest BCUT2D eigenvalue weighted by Gasteiger charge is -2.53. The van der Waals surface area contributed by atoms with E-state index in [0.29, 0.717) is 45.8 Å². The van der Waals surface area contributed by atoms with Gasteiger partial charge in [-0.15, -0.1) is 0 Å². The third-order valence-corrected chi connectivity index (χ3v) is 11.1. The highest BCUT2D eigenvalue weighted by Crippen LogP contribution is 2.83. The lowest BCUT2D eigenvalue weighted by atomic mass is 9.46. The molecule has 11 heteroatoms. The first-order valence-corrected chi connectivity index (χ1v) is 14.3. The molecule has 0 amide bonds. The van der Waals surface area contributed by atoms with Crippen LogP contribution in [0.4, 0.5) is 0 Å². The quantitative estimate of drug-likeness (QED) is 0.263. The molecule has 0 aromatic carbocycles. The van der Waals surface area contributed by atoms with Crippen molar-refractivity contribution in [2.45, 2.75) is 81.3 Å². The standard InChI is InChI=1S/C28H35NO10/c1-14(2)26-21(38-26)22-28(39-22)25(3)5-4-15-16(12-35-23(15)32)17(25)10-18-27(28,37-18)24(26)36-20(31)13-34-19(30)11-29-6-8-33-9-7-29/h14,17-18,21-22,24H,4-13H2,1-3H3/t17-,18-,21-,22-,24+,25-,26?,27+,28+/m0/s1. The predicted molar refractivity (Wildman–Crippen MR) is 129 cm³/mol. The highest BCUT2D eigenvalue weighted by molar-refractivity contribution is 5.92. The number of cyclic esters (lactones) is 1. The molecule has 4 saturated heterocycles. The van der Waals surface area contributed by atoms with Crippen molar-refractivity contribution in [1.82, 2.24) is 4.90 Å². The second-order valence-electron chi connectivity index (χ2n) is 12.9. The Labute approximate surface area is 226 Å². The molecule has 11 nitrogen and oxygen atoms in total. The SMILES string of the molecule is CC(C)C12O[C@H]1[C@@H]1O[C@]13[C@]1(O[C@H]1C[C@H]1C4=C(CC[C@@]13C)C(=O)OC4)[C@@H]2OC(=O)COC(=O)CN1CCOCC1. The maximum Gasteiger partial charge on any atom is 0.344 e. The van der Waals surface area contributed by atoms with Gasteiger partial charge in [0.05, 0.1) is 25.9 Å². The normalized spacial score (nSPS) is 48.5. The van der Waals surface area contributed by atoms with Gasteiger partial charge in [0.2, 0.25) is 0 Å². The molecular formula is C28H35NO10. The summed E-state index contributed by atoms with van der Waals surface area (Å²) < 4.78 is 42.0. The Morgan fingerprint density at radius 1 is 1.10 bits per heavy atom. The van der Waals surface area contributed by atoms with Crippen molar-refractivity contribution in [2.24, 2.45) is 17.3 Å². The van der Waals surface area contributed by atoms with E-state index in [-0.39, 0.29) is 48.1 Å². The maximum absolute atomic E-state index is 13.2. The molecule has 39 heavy (non-hydrogen) atoms. The molecule has 0 aromatic rings. The van der Waals surface area contributed by atoms with Crippen LogP contribution in [-0.2, 0) is 47.5 Å². The van der Waals surface area contributed by atoms with Crippen molar-refractivity contribution >= 4 is 17.9 Å². The first-order valence-electron chi connectivity index (χ1n) is 14.3. The summed E-state index contributed by atoms with van der Waals surface area (Å²) in [5.74, 6) is -1.13. The number of morpholine rings is 1. The molecule has 8 rings (SSSR count). The molecule has 3 aliphatic carbocycles. The van der Waals surface area contributed by atoms with Gasteiger partial charge in [-0.3, -0.25) is 9.69 Å². The highest BCUT2D eigenvalue weighted by Gasteiger charge is 3.01. The minimum Gasteiger partial charge on any atom is -0.458 e. The summed E-state index contributed by atoms with van der Waals surface area (Å²) in [7, 11) is 0.